The van der Waals surface area contributed by atoms with Crippen molar-refractivity contribution in [2.75, 3.05) is 25.1 Å². The molecule has 1 saturated heterocycles. The van der Waals surface area contributed by atoms with Gasteiger partial charge in [0.15, 0.2) is 6.61 Å². The van der Waals surface area contributed by atoms with Crippen LogP contribution in [-0.4, -0.2) is 31.8 Å². The number of carbonyl (C=O) groups excluding carboxylic acids is 1. The van der Waals surface area contributed by atoms with Crippen molar-refractivity contribution in [3.05, 3.63) is 51.4 Å². The molecule has 138 valence electrons. The fraction of sp³-hybridized carbons (Fsp3) is 0.316. The van der Waals surface area contributed by atoms with Gasteiger partial charge in [-0.3, -0.25) is 4.79 Å². The third-order valence-corrected chi connectivity index (χ3v) is 4.96. The van der Waals surface area contributed by atoms with E-state index in [2.05, 4.69) is 37.2 Å². The average Bonchev–Trinajstić information content (AvgIpc) is 3.14. The fourth-order valence-corrected chi connectivity index (χ4v) is 3.69. The van der Waals surface area contributed by atoms with Gasteiger partial charge in [0.05, 0.1) is 10.6 Å². The second kappa shape index (κ2) is 9.39. The van der Waals surface area contributed by atoms with E-state index in [1.807, 2.05) is 24.3 Å². The number of amides is 1. The number of hydrogen-bond donors (Lipinski definition) is 1. The van der Waals surface area contributed by atoms with Gasteiger partial charge in [0.2, 0.25) is 0 Å². The lowest BCUT2D eigenvalue weighted by Gasteiger charge is -2.12. The van der Waals surface area contributed by atoms with E-state index in [1.54, 1.807) is 18.2 Å². The lowest BCUT2D eigenvalue weighted by Crippen LogP contribution is -2.20. The van der Waals surface area contributed by atoms with Crippen molar-refractivity contribution in [1.29, 1.82) is 0 Å². The van der Waals surface area contributed by atoms with E-state index in [4.69, 9.17) is 14.2 Å². The quantitative estimate of drug-likeness (QED) is 0.614. The molecule has 1 fully saturated rings. The zero-order valence-corrected chi connectivity index (χ0v) is 17.2. The zero-order chi connectivity index (χ0) is 18.4. The molecule has 0 unspecified atom stereocenters. The van der Waals surface area contributed by atoms with Crippen LogP contribution in [0.1, 0.15) is 12.8 Å². The van der Waals surface area contributed by atoms with Crippen LogP contribution < -0.4 is 14.8 Å². The van der Waals surface area contributed by atoms with Gasteiger partial charge >= 0.3 is 0 Å². The molecule has 0 spiro atoms. The van der Waals surface area contributed by atoms with Gasteiger partial charge in [0.25, 0.3) is 5.91 Å². The molecule has 2 aromatic carbocycles. The molecule has 5 nitrogen and oxygen atoms in total. The Morgan fingerprint density at radius 2 is 1.96 bits per heavy atom. The number of anilines is 1. The van der Waals surface area contributed by atoms with Crippen LogP contribution in [0.15, 0.2) is 51.4 Å². The molecule has 0 saturated carbocycles. The van der Waals surface area contributed by atoms with Gasteiger partial charge in [0.1, 0.15) is 18.1 Å². The highest BCUT2D eigenvalue weighted by Crippen LogP contribution is 2.28. The molecule has 1 aliphatic heterocycles. The van der Waals surface area contributed by atoms with Gasteiger partial charge in [-0.25, -0.2) is 0 Å². The van der Waals surface area contributed by atoms with Crippen molar-refractivity contribution >= 4 is 43.5 Å². The van der Waals surface area contributed by atoms with Gasteiger partial charge in [-0.05, 0) is 71.2 Å². The third kappa shape index (κ3) is 5.72. The maximum atomic E-state index is 12.0. The Kier molecular flexibility index (Phi) is 6.93. The first-order chi connectivity index (χ1) is 12.6. The molecule has 3 rings (SSSR count). The van der Waals surface area contributed by atoms with Crippen molar-refractivity contribution in [3.8, 4) is 11.5 Å². The Morgan fingerprint density at radius 1 is 1.15 bits per heavy atom. The summed E-state index contributed by atoms with van der Waals surface area (Å²) in [7, 11) is 0. The average molecular weight is 485 g/mol. The molecule has 1 N–H and O–H groups in total. The van der Waals surface area contributed by atoms with E-state index in [-0.39, 0.29) is 18.6 Å². The molecule has 1 amide bonds. The van der Waals surface area contributed by atoms with E-state index < -0.39 is 0 Å². The summed E-state index contributed by atoms with van der Waals surface area (Å²) in [5.74, 6) is 1.14. The predicted octanol–water partition coefficient (Wildman–Crippen LogP) is 4.79. The van der Waals surface area contributed by atoms with Crippen LogP contribution in [0.25, 0.3) is 0 Å². The van der Waals surface area contributed by atoms with Crippen LogP contribution >= 0.6 is 31.9 Å². The Labute approximate surface area is 169 Å². The molecular weight excluding hydrogens is 466 g/mol. The van der Waals surface area contributed by atoms with E-state index in [1.165, 1.54) is 0 Å². The smallest absolute Gasteiger partial charge is 0.262 e. The van der Waals surface area contributed by atoms with E-state index in [0.29, 0.717) is 18.0 Å². The molecule has 0 bridgehead atoms. The second-order valence-corrected chi connectivity index (χ2v) is 7.65. The van der Waals surface area contributed by atoms with Gasteiger partial charge in [-0.2, -0.15) is 0 Å². The number of nitrogens with one attached hydrogen (secondary N) is 1. The minimum Gasteiger partial charge on any atom is -0.491 e. The summed E-state index contributed by atoms with van der Waals surface area (Å²) < 4.78 is 18.5. The van der Waals surface area contributed by atoms with Crippen LogP contribution in [-0.2, 0) is 9.53 Å². The molecule has 0 aliphatic carbocycles. The van der Waals surface area contributed by atoms with Crippen LogP contribution in [0.2, 0.25) is 0 Å². The second-order valence-electron chi connectivity index (χ2n) is 5.88. The summed E-state index contributed by atoms with van der Waals surface area (Å²) in [6.07, 6.45) is 2.32. The summed E-state index contributed by atoms with van der Waals surface area (Å²) in [6, 6.07) is 12.8. The summed E-state index contributed by atoms with van der Waals surface area (Å²) in [4.78, 5) is 12.0. The van der Waals surface area contributed by atoms with Gasteiger partial charge in [-0.1, -0.05) is 15.9 Å². The van der Waals surface area contributed by atoms with Gasteiger partial charge in [0, 0.05) is 16.8 Å². The number of carbonyl (C=O) groups is 1. The summed E-state index contributed by atoms with van der Waals surface area (Å²) in [5.41, 5.74) is 0.693. The summed E-state index contributed by atoms with van der Waals surface area (Å²) in [6.45, 7) is 1.30. The minimum atomic E-state index is -0.229. The third-order valence-electron chi connectivity index (χ3n) is 3.85. The molecule has 0 aromatic heterocycles. The normalized spacial score (nSPS) is 16.3. The highest BCUT2D eigenvalue weighted by molar-refractivity contribution is 9.11. The molecule has 26 heavy (non-hydrogen) atoms. The van der Waals surface area contributed by atoms with Crippen LogP contribution in [0.4, 0.5) is 5.69 Å². The van der Waals surface area contributed by atoms with Gasteiger partial charge in [-0.15, -0.1) is 0 Å². The number of ether oxygens (including phenoxy) is 3. The van der Waals surface area contributed by atoms with Crippen molar-refractivity contribution in [2.24, 2.45) is 0 Å². The number of halogens is 2. The molecule has 1 aliphatic rings. The number of rotatable bonds is 7. The van der Waals surface area contributed by atoms with E-state index in [0.717, 1.165) is 34.1 Å². The predicted molar refractivity (Wildman–Crippen MR) is 107 cm³/mol. The summed E-state index contributed by atoms with van der Waals surface area (Å²) >= 11 is 6.78. The van der Waals surface area contributed by atoms with Gasteiger partial charge < -0.3 is 19.5 Å². The lowest BCUT2D eigenvalue weighted by molar-refractivity contribution is -0.118. The van der Waals surface area contributed by atoms with E-state index in [9.17, 15) is 4.79 Å². The maximum absolute atomic E-state index is 12.0. The summed E-state index contributed by atoms with van der Waals surface area (Å²) in [5, 5.41) is 2.80. The van der Waals surface area contributed by atoms with Crippen LogP contribution in [0, 0.1) is 0 Å². The first-order valence-electron chi connectivity index (χ1n) is 8.32. The monoisotopic (exact) mass is 483 g/mol. The van der Waals surface area contributed by atoms with Crippen LogP contribution in [0.5, 0.6) is 11.5 Å². The molecule has 1 atom stereocenters. The molecule has 7 heteroatoms. The Balaban J connectivity index is 1.44. The molecule has 2 aromatic rings. The topological polar surface area (TPSA) is 56.8 Å². The van der Waals surface area contributed by atoms with Crippen molar-refractivity contribution in [3.63, 3.8) is 0 Å². The largest absolute Gasteiger partial charge is 0.491 e. The Hall–Kier alpha value is -1.57. The standard InChI is InChI=1S/C19H19Br2NO4/c20-13-3-8-18(17(21)10-13)26-12-19(23)22-14-4-6-15(7-5-14)25-11-16-2-1-9-24-16/h3-8,10,16H,1-2,9,11-12H2,(H,22,23)/t16-/m1/s1. The van der Waals surface area contributed by atoms with Crippen molar-refractivity contribution in [1.82, 2.24) is 0 Å². The molecular formula is C19H19Br2NO4. The highest BCUT2D eigenvalue weighted by atomic mass is 79.9. The first kappa shape index (κ1) is 19.2. The SMILES string of the molecule is O=C(COc1ccc(Br)cc1Br)Nc1ccc(OC[C@H]2CCCO2)cc1. The van der Waals surface area contributed by atoms with Crippen molar-refractivity contribution in [2.45, 2.75) is 18.9 Å². The van der Waals surface area contributed by atoms with Crippen molar-refractivity contribution < 1.29 is 19.0 Å². The fourth-order valence-electron chi connectivity index (χ4n) is 2.53. The molecule has 0 radical (unpaired) electrons. The van der Waals surface area contributed by atoms with Crippen LogP contribution in [0.3, 0.4) is 0 Å². The lowest BCUT2D eigenvalue weighted by atomic mass is 10.2. The maximum Gasteiger partial charge on any atom is 0.262 e. The highest BCUT2D eigenvalue weighted by Gasteiger charge is 2.16. The zero-order valence-electron chi connectivity index (χ0n) is 14.0. The first-order valence-corrected chi connectivity index (χ1v) is 9.91. The number of hydrogen-bond acceptors (Lipinski definition) is 4. The Morgan fingerprint density at radius 3 is 2.65 bits per heavy atom. The minimum absolute atomic E-state index is 0.0719. The van der Waals surface area contributed by atoms with E-state index >= 15 is 0 Å². The molecule has 1 heterocycles. The number of benzene rings is 2. The Bertz CT molecular complexity index is 746.